The summed E-state index contributed by atoms with van der Waals surface area (Å²) in [6, 6.07) is 10.3. The normalized spacial score (nSPS) is 20.3. The molecule has 0 saturated heterocycles. The smallest absolute Gasteiger partial charge is 0.220 e. The fourth-order valence-electron chi connectivity index (χ4n) is 3.43. The molecule has 1 aromatic heterocycles. The first-order valence-corrected chi connectivity index (χ1v) is 8.63. The lowest BCUT2D eigenvalue weighted by molar-refractivity contribution is -0.122. The van der Waals surface area contributed by atoms with Gasteiger partial charge < -0.3 is 16.0 Å². The summed E-state index contributed by atoms with van der Waals surface area (Å²) in [5.74, 6) is 1.32. The van der Waals surface area contributed by atoms with Gasteiger partial charge in [-0.15, -0.1) is 0 Å². The zero-order valence-electron chi connectivity index (χ0n) is 14.5. The van der Waals surface area contributed by atoms with E-state index in [1.165, 1.54) is 0 Å². The number of nitrogens with one attached hydrogen (secondary N) is 1. The van der Waals surface area contributed by atoms with Crippen LogP contribution in [0.3, 0.4) is 0 Å². The Balaban J connectivity index is 1.73. The second-order valence-electron chi connectivity index (χ2n) is 6.89. The number of rotatable bonds is 5. The maximum Gasteiger partial charge on any atom is 0.220 e. The number of nitrogens with two attached hydrogens (primary N) is 1. The van der Waals surface area contributed by atoms with Crippen LogP contribution in [0.4, 0.5) is 5.82 Å². The van der Waals surface area contributed by atoms with Crippen LogP contribution in [-0.2, 0) is 11.3 Å². The van der Waals surface area contributed by atoms with E-state index in [1.54, 1.807) is 0 Å². The number of aromatic nitrogens is 1. The molecule has 0 bridgehead atoms. The van der Waals surface area contributed by atoms with E-state index < -0.39 is 0 Å². The van der Waals surface area contributed by atoms with Crippen LogP contribution in [0.5, 0.6) is 0 Å². The van der Waals surface area contributed by atoms with Crippen molar-refractivity contribution in [3.63, 3.8) is 0 Å². The topological polar surface area (TPSA) is 71.2 Å². The molecule has 3 N–H and O–H groups in total. The predicted octanol–water partition coefficient (Wildman–Crippen LogP) is 2.43. The second kappa shape index (κ2) is 7.18. The fourth-order valence-corrected chi connectivity index (χ4v) is 3.43. The monoisotopic (exact) mass is 326 g/mol. The van der Waals surface area contributed by atoms with E-state index in [0.29, 0.717) is 18.9 Å². The van der Waals surface area contributed by atoms with Crippen LogP contribution in [0.25, 0.3) is 10.9 Å². The van der Waals surface area contributed by atoms with Crippen molar-refractivity contribution in [2.45, 2.75) is 38.3 Å². The van der Waals surface area contributed by atoms with Gasteiger partial charge in [0.25, 0.3) is 0 Å². The van der Waals surface area contributed by atoms with Crippen molar-refractivity contribution in [3.05, 3.63) is 35.9 Å². The molecule has 0 spiro atoms. The summed E-state index contributed by atoms with van der Waals surface area (Å²) in [5.41, 5.74) is 8.11. The molecule has 5 nitrogen and oxygen atoms in total. The Hall–Kier alpha value is -2.14. The van der Waals surface area contributed by atoms with Gasteiger partial charge in [-0.1, -0.05) is 24.6 Å². The van der Waals surface area contributed by atoms with Gasteiger partial charge in [0.05, 0.1) is 5.52 Å². The predicted molar refractivity (Wildman–Crippen MR) is 97.9 cm³/mol. The van der Waals surface area contributed by atoms with Crippen molar-refractivity contribution < 1.29 is 4.79 Å². The highest BCUT2D eigenvalue weighted by atomic mass is 16.1. The van der Waals surface area contributed by atoms with Crippen LogP contribution in [-0.4, -0.2) is 31.0 Å². The van der Waals surface area contributed by atoms with Gasteiger partial charge in [0.2, 0.25) is 5.91 Å². The Labute approximate surface area is 143 Å². The molecule has 5 heteroatoms. The molecule has 2 atom stereocenters. The van der Waals surface area contributed by atoms with Crippen molar-refractivity contribution in [3.8, 4) is 0 Å². The van der Waals surface area contributed by atoms with Gasteiger partial charge in [-0.05, 0) is 36.5 Å². The van der Waals surface area contributed by atoms with Crippen molar-refractivity contribution in [1.82, 2.24) is 10.3 Å². The molecule has 3 rings (SSSR count). The minimum absolute atomic E-state index is 0.0876. The van der Waals surface area contributed by atoms with Gasteiger partial charge in [-0.25, -0.2) is 4.98 Å². The van der Waals surface area contributed by atoms with Gasteiger partial charge in [-0.3, -0.25) is 4.79 Å². The Morgan fingerprint density at radius 1 is 1.33 bits per heavy atom. The van der Waals surface area contributed by atoms with Gasteiger partial charge in [0, 0.05) is 38.5 Å². The molecule has 1 amide bonds. The molecular weight excluding hydrogens is 300 g/mol. The number of nitrogens with zero attached hydrogens (tertiary/aromatic N) is 2. The van der Waals surface area contributed by atoms with Crippen molar-refractivity contribution >= 4 is 22.6 Å². The lowest BCUT2D eigenvalue weighted by Crippen LogP contribution is -2.31. The lowest BCUT2D eigenvalue weighted by atomic mass is 10.00. The van der Waals surface area contributed by atoms with Crippen LogP contribution in [0, 0.1) is 5.92 Å². The van der Waals surface area contributed by atoms with Crippen LogP contribution < -0.4 is 16.0 Å². The summed E-state index contributed by atoms with van der Waals surface area (Å²) in [6.45, 7) is 0.519. The summed E-state index contributed by atoms with van der Waals surface area (Å²) in [5, 5.41) is 4.15. The quantitative estimate of drug-likeness (QED) is 0.885. The number of amides is 1. The molecule has 0 aliphatic heterocycles. The first-order valence-electron chi connectivity index (χ1n) is 8.63. The number of pyridine rings is 1. The number of para-hydroxylation sites is 1. The van der Waals surface area contributed by atoms with Gasteiger partial charge >= 0.3 is 0 Å². The summed E-state index contributed by atoms with van der Waals surface area (Å²) in [6.07, 6.45) is 3.78. The number of benzene rings is 1. The third-order valence-electron chi connectivity index (χ3n) is 4.89. The molecule has 24 heavy (non-hydrogen) atoms. The number of carbonyl (C=O) groups excluding carboxylic acids is 1. The van der Waals surface area contributed by atoms with Crippen molar-refractivity contribution in [2.24, 2.45) is 11.7 Å². The van der Waals surface area contributed by atoms with Crippen LogP contribution in [0.1, 0.15) is 31.2 Å². The molecular formula is C19H26N4O. The van der Waals surface area contributed by atoms with E-state index in [2.05, 4.69) is 16.4 Å². The van der Waals surface area contributed by atoms with Gasteiger partial charge in [-0.2, -0.15) is 0 Å². The first kappa shape index (κ1) is 16.7. The molecule has 1 aliphatic rings. The van der Waals surface area contributed by atoms with E-state index in [0.717, 1.165) is 41.5 Å². The molecule has 1 heterocycles. The highest BCUT2D eigenvalue weighted by molar-refractivity contribution is 5.85. The van der Waals surface area contributed by atoms with Gasteiger partial charge in [0.1, 0.15) is 5.82 Å². The largest absolute Gasteiger partial charge is 0.363 e. The van der Waals surface area contributed by atoms with E-state index in [4.69, 9.17) is 5.73 Å². The van der Waals surface area contributed by atoms with Crippen molar-refractivity contribution in [2.75, 3.05) is 19.0 Å². The van der Waals surface area contributed by atoms with E-state index in [-0.39, 0.29) is 11.9 Å². The van der Waals surface area contributed by atoms with Crippen LogP contribution in [0.2, 0.25) is 0 Å². The third kappa shape index (κ3) is 3.67. The van der Waals surface area contributed by atoms with Crippen molar-refractivity contribution in [1.29, 1.82) is 0 Å². The number of hydrogen-bond acceptors (Lipinski definition) is 4. The Morgan fingerprint density at radius 2 is 2.12 bits per heavy atom. The van der Waals surface area contributed by atoms with E-state index in [1.807, 2.05) is 43.3 Å². The molecule has 1 saturated carbocycles. The molecule has 1 aliphatic carbocycles. The minimum atomic E-state index is 0.0876. The Morgan fingerprint density at radius 3 is 2.83 bits per heavy atom. The number of hydrogen-bond donors (Lipinski definition) is 2. The summed E-state index contributed by atoms with van der Waals surface area (Å²) >= 11 is 0. The average Bonchev–Trinajstić information content (AvgIpc) is 2.97. The van der Waals surface area contributed by atoms with Crippen LogP contribution >= 0.6 is 0 Å². The van der Waals surface area contributed by atoms with E-state index in [9.17, 15) is 4.79 Å². The van der Waals surface area contributed by atoms with Gasteiger partial charge in [0.15, 0.2) is 0 Å². The summed E-state index contributed by atoms with van der Waals surface area (Å²) < 4.78 is 0. The third-order valence-corrected chi connectivity index (χ3v) is 4.89. The SMILES string of the molecule is CN(C)c1cc(CNC(=O)C[C@@H]2CCC[C@H]2N)c2ccccc2n1. The highest BCUT2D eigenvalue weighted by Gasteiger charge is 2.25. The average molecular weight is 326 g/mol. The second-order valence-corrected chi connectivity index (χ2v) is 6.89. The molecule has 1 aromatic carbocycles. The summed E-state index contributed by atoms with van der Waals surface area (Å²) in [4.78, 5) is 18.9. The number of anilines is 1. The zero-order valence-corrected chi connectivity index (χ0v) is 14.5. The standard InChI is InChI=1S/C19H26N4O/c1-23(2)18-10-14(15-7-3-4-9-17(15)22-18)12-21-19(24)11-13-6-5-8-16(13)20/h3-4,7,9-10,13,16H,5-6,8,11-12,20H2,1-2H3,(H,21,24)/t13-,16+/m0/s1. The zero-order chi connectivity index (χ0) is 17.1. The Bertz CT molecular complexity index is 728. The maximum atomic E-state index is 12.3. The van der Waals surface area contributed by atoms with Crippen LogP contribution in [0.15, 0.2) is 30.3 Å². The molecule has 0 radical (unpaired) electrons. The summed E-state index contributed by atoms with van der Waals surface area (Å²) in [7, 11) is 3.95. The first-order chi connectivity index (χ1) is 11.5. The maximum absolute atomic E-state index is 12.3. The lowest BCUT2D eigenvalue weighted by Gasteiger charge is -2.17. The molecule has 0 unspecified atom stereocenters. The molecule has 1 fully saturated rings. The highest BCUT2D eigenvalue weighted by Crippen LogP contribution is 2.27. The molecule has 128 valence electrons. The molecule has 2 aromatic rings. The number of carbonyl (C=O) groups is 1. The fraction of sp³-hybridized carbons (Fsp3) is 0.474. The minimum Gasteiger partial charge on any atom is -0.363 e. The van der Waals surface area contributed by atoms with E-state index >= 15 is 0 Å². The Kier molecular flexibility index (Phi) is 5.00. The number of fused-ring (bicyclic) bond motifs is 1.